The summed E-state index contributed by atoms with van der Waals surface area (Å²) in [4.78, 5) is 29.9. The molecule has 0 radical (unpaired) electrons. The van der Waals surface area contributed by atoms with Crippen molar-refractivity contribution < 1.29 is 19.2 Å². The number of aliphatic imine (C=N–C) groups is 1. The smallest absolute Gasteiger partial charge is 0.331 e. The van der Waals surface area contributed by atoms with Crippen molar-refractivity contribution in [2.45, 2.75) is 38.8 Å². The first kappa shape index (κ1) is 28.5. The van der Waals surface area contributed by atoms with Gasteiger partial charge in [0.15, 0.2) is 6.04 Å². The maximum atomic E-state index is 13.5. The Bertz CT molecular complexity index is 1470. The van der Waals surface area contributed by atoms with E-state index in [1.807, 2.05) is 60.7 Å². The quantitative estimate of drug-likeness (QED) is 0.0906. The van der Waals surface area contributed by atoms with E-state index in [1.165, 1.54) is 12.1 Å². The van der Waals surface area contributed by atoms with Crippen LogP contribution < -0.4 is 4.74 Å². The van der Waals surface area contributed by atoms with Crippen molar-refractivity contribution in [3.8, 4) is 11.5 Å². The second-order valence-corrected chi connectivity index (χ2v) is 10.5. The molecular weight excluding hydrogens is 528 g/mol. The molecule has 0 aliphatic rings. The standard InChI is InChI=1S/C32H29ClN2O5/c1-32(2,3)40-31(36)27(34-30(22-12-6-4-7-13-22)23-14-8-5-9-15-23)21-24-20-25(18-19-28(24)35(37)38)39-29-17-11-10-16-26(29)33/h4-20,27H,21H2,1-3H3. The van der Waals surface area contributed by atoms with Gasteiger partial charge in [-0.25, -0.2) is 4.79 Å². The molecule has 0 amide bonds. The van der Waals surface area contributed by atoms with Crippen molar-refractivity contribution in [2.24, 2.45) is 4.99 Å². The molecule has 0 heterocycles. The molecule has 4 aromatic carbocycles. The number of hydrogen-bond acceptors (Lipinski definition) is 6. The first-order valence-electron chi connectivity index (χ1n) is 12.7. The number of carbonyl (C=O) groups excluding carboxylic acids is 1. The molecule has 0 fully saturated rings. The summed E-state index contributed by atoms with van der Waals surface area (Å²) in [5.74, 6) is 0.150. The van der Waals surface area contributed by atoms with Crippen LogP contribution >= 0.6 is 11.6 Å². The Labute approximate surface area is 238 Å². The number of nitro groups is 1. The highest BCUT2D eigenvalue weighted by atomic mass is 35.5. The Morgan fingerprint density at radius 2 is 1.48 bits per heavy atom. The molecule has 204 valence electrons. The van der Waals surface area contributed by atoms with Gasteiger partial charge in [-0.1, -0.05) is 84.4 Å². The van der Waals surface area contributed by atoms with Crippen LogP contribution in [0.15, 0.2) is 108 Å². The monoisotopic (exact) mass is 556 g/mol. The minimum absolute atomic E-state index is 0.0892. The second-order valence-electron chi connectivity index (χ2n) is 10.0. The molecule has 4 rings (SSSR count). The lowest BCUT2D eigenvalue weighted by Crippen LogP contribution is -2.33. The van der Waals surface area contributed by atoms with Crippen LogP contribution in [0.1, 0.15) is 37.5 Å². The number of ether oxygens (including phenoxy) is 2. The Balaban J connectivity index is 1.81. The third-order valence-corrected chi connectivity index (χ3v) is 6.10. The Hall–Kier alpha value is -4.49. The van der Waals surface area contributed by atoms with E-state index < -0.39 is 22.5 Å². The zero-order chi connectivity index (χ0) is 28.7. The number of benzene rings is 4. The summed E-state index contributed by atoms with van der Waals surface area (Å²) in [6.45, 7) is 5.30. The lowest BCUT2D eigenvalue weighted by Gasteiger charge is -2.23. The van der Waals surface area contributed by atoms with Crippen LogP contribution in [0, 0.1) is 10.1 Å². The minimum Gasteiger partial charge on any atom is -0.458 e. The summed E-state index contributed by atoms with van der Waals surface area (Å²) < 4.78 is 11.6. The first-order chi connectivity index (χ1) is 19.1. The molecule has 0 aromatic heterocycles. The van der Waals surface area contributed by atoms with Crippen molar-refractivity contribution in [3.63, 3.8) is 0 Å². The van der Waals surface area contributed by atoms with Gasteiger partial charge in [0, 0.05) is 29.2 Å². The van der Waals surface area contributed by atoms with Crippen molar-refractivity contribution in [1.82, 2.24) is 0 Å². The van der Waals surface area contributed by atoms with Gasteiger partial charge >= 0.3 is 5.97 Å². The number of hydrogen-bond donors (Lipinski definition) is 0. The van der Waals surface area contributed by atoms with Gasteiger partial charge < -0.3 is 9.47 Å². The third kappa shape index (κ3) is 7.55. The highest BCUT2D eigenvalue weighted by molar-refractivity contribution is 6.32. The van der Waals surface area contributed by atoms with Crippen molar-refractivity contribution in [3.05, 3.63) is 135 Å². The first-order valence-corrected chi connectivity index (χ1v) is 13.1. The normalized spacial score (nSPS) is 11.8. The molecule has 8 heteroatoms. The Morgan fingerprint density at radius 3 is 2.02 bits per heavy atom. The van der Waals surface area contributed by atoms with E-state index in [2.05, 4.69) is 0 Å². The third-order valence-electron chi connectivity index (χ3n) is 5.78. The molecule has 0 N–H and O–H groups in total. The lowest BCUT2D eigenvalue weighted by atomic mass is 10.00. The van der Waals surface area contributed by atoms with Gasteiger partial charge in [0.25, 0.3) is 5.69 Å². The minimum atomic E-state index is -1.08. The van der Waals surface area contributed by atoms with Crippen LogP contribution in [0.25, 0.3) is 0 Å². The lowest BCUT2D eigenvalue weighted by molar-refractivity contribution is -0.385. The second kappa shape index (κ2) is 12.6. The van der Waals surface area contributed by atoms with Gasteiger partial charge in [0.2, 0.25) is 0 Å². The maximum Gasteiger partial charge on any atom is 0.331 e. The maximum absolute atomic E-state index is 13.5. The number of nitrogens with zero attached hydrogens (tertiary/aromatic N) is 2. The van der Waals surface area contributed by atoms with Gasteiger partial charge in [-0.15, -0.1) is 0 Å². The average Bonchev–Trinajstić information content (AvgIpc) is 2.92. The number of halogens is 1. The number of rotatable bonds is 9. The van der Waals surface area contributed by atoms with Crippen molar-refractivity contribution in [1.29, 1.82) is 0 Å². The van der Waals surface area contributed by atoms with Crippen LogP contribution in [0.2, 0.25) is 5.02 Å². The summed E-state index contributed by atoms with van der Waals surface area (Å²) in [7, 11) is 0. The van der Waals surface area contributed by atoms with Crippen molar-refractivity contribution >= 4 is 29.0 Å². The van der Waals surface area contributed by atoms with E-state index in [4.69, 9.17) is 26.1 Å². The molecule has 0 bridgehead atoms. The molecule has 0 spiro atoms. The number of esters is 1. The number of para-hydroxylation sites is 1. The number of nitro benzene ring substituents is 1. The SMILES string of the molecule is CC(C)(C)OC(=O)C(Cc1cc(Oc2ccccc2Cl)ccc1[N+](=O)[O-])N=C(c1ccccc1)c1ccccc1. The molecule has 7 nitrogen and oxygen atoms in total. The fraction of sp³-hybridized carbons (Fsp3) is 0.188. The van der Waals surface area contributed by atoms with Crippen LogP contribution in [0.3, 0.4) is 0 Å². The molecule has 0 aliphatic carbocycles. The van der Waals surface area contributed by atoms with E-state index in [0.717, 1.165) is 11.1 Å². The highest BCUT2D eigenvalue weighted by Gasteiger charge is 2.29. The molecule has 1 atom stereocenters. The predicted molar refractivity (Wildman–Crippen MR) is 156 cm³/mol. The molecule has 40 heavy (non-hydrogen) atoms. The Kier molecular flexibility index (Phi) is 8.97. The summed E-state index contributed by atoms with van der Waals surface area (Å²) in [6, 6.07) is 29.2. The average molecular weight is 557 g/mol. The van der Waals surface area contributed by atoms with Crippen LogP contribution in [-0.2, 0) is 16.0 Å². The Morgan fingerprint density at radius 1 is 0.900 bits per heavy atom. The van der Waals surface area contributed by atoms with Gasteiger partial charge in [0.05, 0.1) is 15.7 Å². The van der Waals surface area contributed by atoms with Crippen molar-refractivity contribution in [2.75, 3.05) is 0 Å². The van der Waals surface area contributed by atoms with E-state index in [9.17, 15) is 14.9 Å². The van der Waals surface area contributed by atoms with Crippen LogP contribution in [0.4, 0.5) is 5.69 Å². The summed E-state index contributed by atoms with van der Waals surface area (Å²) in [5, 5.41) is 12.4. The van der Waals surface area contributed by atoms with Crippen LogP contribution in [0.5, 0.6) is 11.5 Å². The summed E-state index contributed by atoms with van der Waals surface area (Å²) >= 11 is 6.24. The molecular formula is C32H29ClN2O5. The summed E-state index contributed by atoms with van der Waals surface area (Å²) in [5.41, 5.74) is 1.50. The van der Waals surface area contributed by atoms with E-state index in [0.29, 0.717) is 22.2 Å². The topological polar surface area (TPSA) is 91.0 Å². The molecule has 0 aliphatic heterocycles. The zero-order valence-electron chi connectivity index (χ0n) is 22.4. The molecule has 0 saturated carbocycles. The fourth-order valence-electron chi connectivity index (χ4n) is 4.04. The van der Waals surface area contributed by atoms with E-state index in [1.54, 1.807) is 51.1 Å². The zero-order valence-corrected chi connectivity index (χ0v) is 23.2. The molecule has 4 aromatic rings. The van der Waals surface area contributed by atoms with Gasteiger partial charge in [0.1, 0.15) is 17.1 Å². The molecule has 1 unspecified atom stereocenters. The van der Waals surface area contributed by atoms with E-state index >= 15 is 0 Å². The van der Waals surface area contributed by atoms with E-state index in [-0.39, 0.29) is 17.7 Å². The summed E-state index contributed by atoms with van der Waals surface area (Å²) in [6.07, 6.45) is -0.0892. The number of carbonyl (C=O) groups is 1. The fourth-order valence-corrected chi connectivity index (χ4v) is 4.22. The predicted octanol–water partition coefficient (Wildman–Crippen LogP) is 7.83. The molecule has 0 saturated heterocycles. The van der Waals surface area contributed by atoms with Crippen LogP contribution in [-0.4, -0.2) is 28.2 Å². The van der Waals surface area contributed by atoms with Gasteiger partial charge in [-0.3, -0.25) is 15.1 Å². The van der Waals surface area contributed by atoms with Gasteiger partial charge in [-0.05, 0) is 45.0 Å². The van der Waals surface area contributed by atoms with Gasteiger partial charge in [-0.2, -0.15) is 0 Å². The highest BCUT2D eigenvalue weighted by Crippen LogP contribution is 2.33. The largest absolute Gasteiger partial charge is 0.458 e.